The number of benzene rings is 4. The number of aliphatic hydroxyl groups is 2. The van der Waals surface area contributed by atoms with E-state index in [2.05, 4.69) is 43.4 Å². The number of piperidine rings is 2. The van der Waals surface area contributed by atoms with Gasteiger partial charge in [-0.3, -0.25) is 34.4 Å². The normalized spacial score (nSPS) is 14.4. The van der Waals surface area contributed by atoms with Crippen LogP contribution in [0.3, 0.4) is 0 Å². The van der Waals surface area contributed by atoms with E-state index >= 15 is 0 Å². The minimum Gasteiger partial charge on any atom is -0.429 e. The summed E-state index contributed by atoms with van der Waals surface area (Å²) < 4.78 is 9.37. The lowest BCUT2D eigenvalue weighted by atomic mass is 10.2. The van der Waals surface area contributed by atoms with Crippen molar-refractivity contribution >= 4 is 87.3 Å². The lowest BCUT2D eigenvalue weighted by molar-refractivity contribution is -0.120. The zero-order valence-corrected chi connectivity index (χ0v) is 39.4. The van der Waals surface area contributed by atoms with Crippen molar-refractivity contribution in [2.24, 2.45) is 0 Å². The number of hydrazine groups is 2. The molecule has 2 saturated heterocycles. The van der Waals surface area contributed by atoms with E-state index < -0.39 is 12.5 Å². The largest absolute Gasteiger partial charge is 0.429 e. The number of ether oxygens (including phenoxy) is 1. The van der Waals surface area contributed by atoms with Gasteiger partial charge >= 0.3 is 0 Å². The Bertz CT molecular complexity index is 2610. The Morgan fingerprint density at radius 3 is 1.41 bits per heavy atom. The number of halogens is 5. The van der Waals surface area contributed by atoms with Crippen molar-refractivity contribution in [3.05, 3.63) is 131 Å². The molecule has 2 aliphatic heterocycles. The number of hydrogen-bond donors (Lipinski definition) is 4. The number of carbonyl (C=O) groups is 3. The van der Waals surface area contributed by atoms with Crippen LogP contribution in [0.25, 0.3) is 34.2 Å². The van der Waals surface area contributed by atoms with Crippen molar-refractivity contribution in [3.63, 3.8) is 0 Å². The fourth-order valence-electron chi connectivity index (χ4n) is 7.55. The van der Waals surface area contributed by atoms with Crippen LogP contribution >= 0.6 is 69.0 Å². The number of amides is 2. The first kappa shape index (κ1) is 47.4. The number of carbonyl (C=O) groups excluding carboxylic acids is 3. The van der Waals surface area contributed by atoms with E-state index in [1.807, 2.05) is 34.3 Å². The number of aromatic nitrogens is 4. The Hall–Kier alpha value is -4.56. The Morgan fingerprint density at radius 2 is 1.03 bits per heavy atom. The van der Waals surface area contributed by atoms with Crippen LogP contribution in [0, 0.1) is 3.57 Å². The molecule has 19 heteroatoms. The highest BCUT2D eigenvalue weighted by Crippen LogP contribution is 2.36. The molecule has 4 aromatic carbocycles. The number of hydrogen-bond acceptors (Lipinski definition) is 10. The van der Waals surface area contributed by atoms with Gasteiger partial charge in [-0.25, -0.2) is 20.0 Å². The van der Waals surface area contributed by atoms with Crippen LogP contribution < -0.4 is 15.6 Å². The highest BCUT2D eigenvalue weighted by Gasteiger charge is 2.28. The molecule has 2 aromatic heterocycles. The first-order valence-corrected chi connectivity index (χ1v) is 23.0. The number of imidazole rings is 2. The second-order valence-electron chi connectivity index (χ2n) is 14.9. The summed E-state index contributed by atoms with van der Waals surface area (Å²) in [5, 5.41) is 26.0. The van der Waals surface area contributed by atoms with Gasteiger partial charge in [0.1, 0.15) is 17.4 Å². The van der Waals surface area contributed by atoms with Crippen molar-refractivity contribution in [2.75, 3.05) is 26.2 Å². The van der Waals surface area contributed by atoms with Gasteiger partial charge in [0, 0.05) is 62.3 Å². The fourth-order valence-corrected chi connectivity index (χ4v) is 8.89. The predicted molar refractivity (Wildman–Crippen MR) is 255 cm³/mol. The van der Waals surface area contributed by atoms with Crippen molar-refractivity contribution in [3.8, 4) is 39.9 Å². The van der Waals surface area contributed by atoms with Gasteiger partial charge in [-0.05, 0) is 133 Å². The Morgan fingerprint density at radius 1 is 0.625 bits per heavy atom. The van der Waals surface area contributed by atoms with Crippen LogP contribution in [0.2, 0.25) is 20.1 Å². The van der Waals surface area contributed by atoms with Crippen LogP contribution in [0.5, 0.6) is 5.75 Å². The topological polar surface area (TPSA) is 167 Å². The average molecular weight is 1060 g/mol. The van der Waals surface area contributed by atoms with E-state index in [0.29, 0.717) is 72.2 Å². The van der Waals surface area contributed by atoms with Crippen LogP contribution in [-0.2, 0) is 18.0 Å². The maximum absolute atomic E-state index is 13.1. The molecule has 0 atom stereocenters. The Labute approximate surface area is 403 Å². The standard InChI is InChI=1S/C23H22Cl2N4O4.C22H21Cl2IN4O2/c24-15-4-9-18(19(25)12-15)22-26-21(23(32)27-28-10-2-1-3-11-28)20(13-30)29(22)16-5-7-17(8-6-16)33-14-31;23-14-4-9-17(18(24)12-14)21-26-20(22(31)27-28-10-2-1-3-11-28)19(13-30)29(21)16-7-5-15(25)6-8-16/h4-9,12,14,30H,1-3,10-11,13H2,(H,27,32);4-9,12,30H,1-3,10-11,13H2,(H,27,31). The Kier molecular flexibility index (Phi) is 16.4. The lowest BCUT2D eigenvalue weighted by Gasteiger charge is -2.26. The number of aliphatic hydroxyl groups excluding tert-OH is 2. The molecule has 0 bridgehead atoms. The van der Waals surface area contributed by atoms with Gasteiger partial charge in [0.15, 0.2) is 11.4 Å². The predicted octanol–water partition coefficient (Wildman–Crippen LogP) is 9.08. The SMILES string of the molecule is O=C(NN1CCCCC1)c1nc(-c2ccc(Cl)cc2Cl)n(-c2ccc(I)cc2)c1CO.O=COc1ccc(-n2c(-c3ccc(Cl)cc3Cl)nc(C(=O)NN3CCCCC3)c2CO)cc1. The summed E-state index contributed by atoms with van der Waals surface area (Å²) in [7, 11) is 0. The molecule has 334 valence electrons. The summed E-state index contributed by atoms with van der Waals surface area (Å²) in [6, 6.07) is 24.4. The van der Waals surface area contributed by atoms with E-state index in [0.717, 1.165) is 74.0 Å². The van der Waals surface area contributed by atoms with Crippen LogP contribution in [0.4, 0.5) is 0 Å². The first-order chi connectivity index (χ1) is 31.0. The van der Waals surface area contributed by atoms with E-state index in [1.54, 1.807) is 69.8 Å². The minimum absolute atomic E-state index is 0.0947. The van der Waals surface area contributed by atoms with Gasteiger partial charge in [-0.1, -0.05) is 59.2 Å². The molecule has 6 aromatic rings. The summed E-state index contributed by atoms with van der Waals surface area (Å²) in [6.45, 7) is 2.67. The van der Waals surface area contributed by atoms with E-state index in [-0.39, 0.29) is 23.9 Å². The summed E-state index contributed by atoms with van der Waals surface area (Å²) >= 11 is 27.3. The number of nitrogens with zero attached hydrogens (tertiary/aromatic N) is 6. The zero-order chi connectivity index (χ0) is 45.3. The zero-order valence-electron chi connectivity index (χ0n) is 34.2. The molecule has 0 spiro atoms. The summed E-state index contributed by atoms with van der Waals surface area (Å²) in [5.74, 6) is 0.436. The molecule has 4 N–H and O–H groups in total. The summed E-state index contributed by atoms with van der Waals surface area (Å²) in [4.78, 5) is 46.1. The molecule has 64 heavy (non-hydrogen) atoms. The second kappa shape index (κ2) is 22.1. The van der Waals surface area contributed by atoms with E-state index in [9.17, 15) is 24.6 Å². The molecule has 14 nitrogen and oxygen atoms in total. The maximum atomic E-state index is 13.1. The van der Waals surface area contributed by atoms with Crippen LogP contribution in [0.1, 0.15) is 70.9 Å². The monoisotopic (exact) mass is 1060 g/mol. The van der Waals surface area contributed by atoms with Crippen molar-refractivity contribution in [1.82, 2.24) is 40.0 Å². The lowest BCUT2D eigenvalue weighted by Crippen LogP contribution is -2.45. The van der Waals surface area contributed by atoms with Gasteiger partial charge in [0.2, 0.25) is 0 Å². The molecular formula is C45H43Cl4IN8O6. The quantitative estimate of drug-likeness (QED) is 0.0686. The summed E-state index contributed by atoms with van der Waals surface area (Å²) in [6.07, 6.45) is 6.37. The van der Waals surface area contributed by atoms with E-state index in [1.165, 1.54) is 0 Å². The maximum Gasteiger partial charge on any atom is 0.298 e. The smallest absolute Gasteiger partial charge is 0.298 e. The highest BCUT2D eigenvalue weighted by molar-refractivity contribution is 14.1. The second-order valence-corrected chi connectivity index (χ2v) is 17.8. The summed E-state index contributed by atoms with van der Waals surface area (Å²) in [5.41, 5.74) is 9.34. The van der Waals surface area contributed by atoms with Crippen molar-refractivity contribution < 1.29 is 29.3 Å². The van der Waals surface area contributed by atoms with Crippen LogP contribution in [0.15, 0.2) is 84.9 Å². The number of nitrogens with one attached hydrogen (secondary N) is 2. The van der Waals surface area contributed by atoms with Crippen molar-refractivity contribution in [2.45, 2.75) is 51.7 Å². The average Bonchev–Trinajstić information content (AvgIpc) is 3.87. The molecule has 0 aliphatic carbocycles. The molecule has 2 aliphatic rings. The van der Waals surface area contributed by atoms with Gasteiger partial charge in [-0.15, -0.1) is 0 Å². The van der Waals surface area contributed by atoms with Crippen molar-refractivity contribution in [1.29, 1.82) is 0 Å². The van der Waals surface area contributed by atoms with Gasteiger partial charge in [0.05, 0.1) is 34.6 Å². The molecule has 0 radical (unpaired) electrons. The number of rotatable bonds is 12. The third kappa shape index (κ3) is 11.1. The first-order valence-electron chi connectivity index (χ1n) is 20.4. The third-order valence-corrected chi connectivity index (χ3v) is 12.4. The highest BCUT2D eigenvalue weighted by atomic mass is 127. The third-order valence-electron chi connectivity index (χ3n) is 10.6. The van der Waals surface area contributed by atoms with Gasteiger partial charge < -0.3 is 14.9 Å². The fraction of sp³-hybridized carbons (Fsp3) is 0.267. The molecule has 2 fully saturated rings. The molecule has 0 unspecified atom stereocenters. The van der Waals surface area contributed by atoms with E-state index in [4.69, 9.17) is 51.1 Å². The molecule has 0 saturated carbocycles. The molecular weight excluding hydrogens is 1020 g/mol. The van der Waals surface area contributed by atoms with Crippen LogP contribution in [-0.4, -0.2) is 83.8 Å². The minimum atomic E-state index is -0.437. The van der Waals surface area contributed by atoms with Gasteiger partial charge in [0.25, 0.3) is 18.3 Å². The van der Waals surface area contributed by atoms with Gasteiger partial charge in [-0.2, -0.15) is 0 Å². The molecule has 8 rings (SSSR count). The molecule has 4 heterocycles. The molecule has 2 amide bonds. The Balaban J connectivity index is 0.000000192.